The van der Waals surface area contributed by atoms with Gasteiger partial charge >= 0.3 is 0 Å². The number of hydrogen-bond donors (Lipinski definition) is 0. The van der Waals surface area contributed by atoms with E-state index < -0.39 is 0 Å². The van der Waals surface area contributed by atoms with Crippen molar-refractivity contribution in [3.05, 3.63) is 29.3 Å². The molecule has 0 aliphatic carbocycles. The maximum atomic E-state index is 5.58. The molecule has 0 heterocycles. The molecule has 15 heavy (non-hydrogen) atoms. The second-order valence-electron chi connectivity index (χ2n) is 4.90. The topological polar surface area (TPSA) is 9.23 Å². The van der Waals surface area contributed by atoms with Crippen LogP contribution in [-0.4, -0.2) is 6.61 Å². The average Bonchev–Trinajstić information content (AvgIpc) is 2.16. The summed E-state index contributed by atoms with van der Waals surface area (Å²) in [5.74, 6) is 1.00. The minimum atomic E-state index is 0.191. The van der Waals surface area contributed by atoms with Crippen LogP contribution in [-0.2, 0) is 11.8 Å². The Hall–Kier alpha value is -0.980. The zero-order valence-electron chi connectivity index (χ0n) is 10.6. The minimum absolute atomic E-state index is 0.191. The van der Waals surface area contributed by atoms with Crippen LogP contribution < -0.4 is 4.74 Å². The Bertz CT molecular complexity index is 321. The van der Waals surface area contributed by atoms with Gasteiger partial charge < -0.3 is 4.74 Å². The Morgan fingerprint density at radius 1 is 1.07 bits per heavy atom. The van der Waals surface area contributed by atoms with Gasteiger partial charge in [-0.3, -0.25) is 0 Å². The molecule has 0 aliphatic rings. The first-order valence-electron chi connectivity index (χ1n) is 5.74. The molecule has 1 heteroatoms. The van der Waals surface area contributed by atoms with Crippen LogP contribution in [0.2, 0.25) is 0 Å². The van der Waals surface area contributed by atoms with Gasteiger partial charge in [-0.15, -0.1) is 0 Å². The molecule has 0 N–H and O–H groups in total. The molecule has 1 aromatic carbocycles. The SMILES string of the molecule is CCOc1cc(CC)cc(C(C)(C)C)c1. The standard InChI is InChI=1S/C14H22O/c1-6-11-8-12(14(3,4)5)10-13(9-11)15-7-2/h8-10H,6-7H2,1-5H3. The summed E-state index contributed by atoms with van der Waals surface area (Å²) in [5, 5.41) is 0. The van der Waals surface area contributed by atoms with Crippen LogP contribution in [0.1, 0.15) is 45.7 Å². The lowest BCUT2D eigenvalue weighted by atomic mass is 9.86. The first-order chi connectivity index (χ1) is 6.97. The zero-order chi connectivity index (χ0) is 11.5. The predicted octanol–water partition coefficient (Wildman–Crippen LogP) is 3.95. The molecule has 84 valence electrons. The highest BCUT2D eigenvalue weighted by molar-refractivity contribution is 5.37. The Morgan fingerprint density at radius 2 is 1.73 bits per heavy atom. The van der Waals surface area contributed by atoms with Gasteiger partial charge in [-0.05, 0) is 42.0 Å². The lowest BCUT2D eigenvalue weighted by Gasteiger charge is -2.21. The average molecular weight is 206 g/mol. The Balaban J connectivity index is 3.11. The van der Waals surface area contributed by atoms with Gasteiger partial charge in [0.15, 0.2) is 0 Å². The van der Waals surface area contributed by atoms with Gasteiger partial charge in [-0.1, -0.05) is 33.8 Å². The molecule has 0 atom stereocenters. The van der Waals surface area contributed by atoms with Crippen molar-refractivity contribution in [2.75, 3.05) is 6.61 Å². The van der Waals surface area contributed by atoms with Crippen molar-refractivity contribution in [1.29, 1.82) is 0 Å². The van der Waals surface area contributed by atoms with Crippen LogP contribution in [0.25, 0.3) is 0 Å². The fraction of sp³-hybridized carbons (Fsp3) is 0.571. The fourth-order valence-electron chi connectivity index (χ4n) is 1.55. The van der Waals surface area contributed by atoms with E-state index in [1.165, 1.54) is 11.1 Å². The van der Waals surface area contributed by atoms with Gasteiger partial charge in [0.25, 0.3) is 0 Å². The van der Waals surface area contributed by atoms with Crippen LogP contribution in [0.15, 0.2) is 18.2 Å². The summed E-state index contributed by atoms with van der Waals surface area (Å²) in [7, 11) is 0. The van der Waals surface area contributed by atoms with E-state index in [2.05, 4.69) is 45.9 Å². The van der Waals surface area contributed by atoms with Crippen molar-refractivity contribution < 1.29 is 4.74 Å². The number of rotatable bonds is 3. The lowest BCUT2D eigenvalue weighted by molar-refractivity contribution is 0.339. The van der Waals surface area contributed by atoms with Gasteiger partial charge in [-0.25, -0.2) is 0 Å². The highest BCUT2D eigenvalue weighted by Crippen LogP contribution is 2.27. The third-order valence-electron chi connectivity index (χ3n) is 2.55. The van der Waals surface area contributed by atoms with Gasteiger partial charge in [0.05, 0.1) is 6.61 Å². The molecular weight excluding hydrogens is 184 g/mol. The van der Waals surface area contributed by atoms with Crippen molar-refractivity contribution in [1.82, 2.24) is 0 Å². The Kier molecular flexibility index (Phi) is 3.78. The fourth-order valence-corrected chi connectivity index (χ4v) is 1.55. The molecule has 0 aliphatic heterocycles. The minimum Gasteiger partial charge on any atom is -0.494 e. The van der Waals surface area contributed by atoms with Crippen molar-refractivity contribution >= 4 is 0 Å². The maximum Gasteiger partial charge on any atom is 0.119 e. The van der Waals surface area contributed by atoms with E-state index in [0.29, 0.717) is 0 Å². The molecule has 1 rings (SSSR count). The number of benzene rings is 1. The number of ether oxygens (including phenoxy) is 1. The summed E-state index contributed by atoms with van der Waals surface area (Å²) < 4.78 is 5.58. The van der Waals surface area contributed by atoms with E-state index in [9.17, 15) is 0 Å². The van der Waals surface area contributed by atoms with Crippen LogP contribution >= 0.6 is 0 Å². The summed E-state index contributed by atoms with van der Waals surface area (Å²) in [6.45, 7) is 11.6. The third kappa shape index (κ3) is 3.26. The van der Waals surface area contributed by atoms with Crippen molar-refractivity contribution in [2.24, 2.45) is 0 Å². The molecule has 0 spiro atoms. The summed E-state index contributed by atoms with van der Waals surface area (Å²) in [6, 6.07) is 6.57. The molecule has 0 radical (unpaired) electrons. The van der Waals surface area contributed by atoms with Gasteiger partial charge in [0.1, 0.15) is 5.75 Å². The van der Waals surface area contributed by atoms with Crippen molar-refractivity contribution in [3.63, 3.8) is 0 Å². The normalized spacial score (nSPS) is 11.5. The molecule has 0 unspecified atom stereocenters. The monoisotopic (exact) mass is 206 g/mol. The van der Waals surface area contributed by atoms with E-state index in [1.54, 1.807) is 0 Å². The van der Waals surface area contributed by atoms with Gasteiger partial charge in [-0.2, -0.15) is 0 Å². The molecule has 0 saturated carbocycles. The zero-order valence-corrected chi connectivity index (χ0v) is 10.6. The molecule has 1 nitrogen and oxygen atoms in total. The van der Waals surface area contributed by atoms with Crippen LogP contribution in [0.3, 0.4) is 0 Å². The van der Waals surface area contributed by atoms with Crippen LogP contribution in [0, 0.1) is 0 Å². The smallest absolute Gasteiger partial charge is 0.119 e. The number of aryl methyl sites for hydroxylation is 1. The first-order valence-corrected chi connectivity index (χ1v) is 5.74. The van der Waals surface area contributed by atoms with Gasteiger partial charge in [0, 0.05) is 0 Å². The lowest BCUT2D eigenvalue weighted by Crippen LogP contribution is -2.11. The van der Waals surface area contributed by atoms with E-state index in [-0.39, 0.29) is 5.41 Å². The predicted molar refractivity (Wildman–Crippen MR) is 65.7 cm³/mol. The largest absolute Gasteiger partial charge is 0.494 e. The van der Waals surface area contributed by atoms with E-state index in [1.807, 2.05) is 6.92 Å². The van der Waals surface area contributed by atoms with E-state index in [0.717, 1.165) is 18.8 Å². The molecule has 0 bridgehead atoms. The Labute approximate surface area is 93.5 Å². The van der Waals surface area contributed by atoms with Crippen molar-refractivity contribution in [3.8, 4) is 5.75 Å². The summed E-state index contributed by atoms with van der Waals surface area (Å²) in [6.07, 6.45) is 1.06. The summed E-state index contributed by atoms with van der Waals surface area (Å²) >= 11 is 0. The first kappa shape index (κ1) is 12.1. The molecule has 0 aromatic heterocycles. The number of hydrogen-bond acceptors (Lipinski definition) is 1. The van der Waals surface area contributed by atoms with E-state index in [4.69, 9.17) is 4.74 Å². The molecule has 0 amide bonds. The molecule has 0 fully saturated rings. The van der Waals surface area contributed by atoms with Gasteiger partial charge in [0.2, 0.25) is 0 Å². The highest BCUT2D eigenvalue weighted by atomic mass is 16.5. The molecular formula is C14H22O. The van der Waals surface area contributed by atoms with E-state index >= 15 is 0 Å². The molecule has 0 saturated heterocycles. The highest BCUT2D eigenvalue weighted by Gasteiger charge is 2.15. The van der Waals surface area contributed by atoms with Crippen molar-refractivity contribution in [2.45, 2.75) is 46.5 Å². The summed E-state index contributed by atoms with van der Waals surface area (Å²) in [4.78, 5) is 0. The summed E-state index contributed by atoms with van der Waals surface area (Å²) in [5.41, 5.74) is 2.90. The quantitative estimate of drug-likeness (QED) is 0.727. The Morgan fingerprint density at radius 3 is 2.20 bits per heavy atom. The second-order valence-corrected chi connectivity index (χ2v) is 4.90. The second kappa shape index (κ2) is 4.69. The third-order valence-corrected chi connectivity index (χ3v) is 2.55. The maximum absolute atomic E-state index is 5.58. The van der Waals surface area contributed by atoms with Crippen LogP contribution in [0.5, 0.6) is 5.75 Å². The molecule has 1 aromatic rings. The van der Waals surface area contributed by atoms with Crippen LogP contribution in [0.4, 0.5) is 0 Å².